The van der Waals surface area contributed by atoms with Gasteiger partial charge in [-0.25, -0.2) is 0 Å². The number of benzene rings is 1. The SMILES string of the molecule is CC(C(=O)N(CC1CC1)c1cc(Cl)ccc1C#N)c1cccnc1. The van der Waals surface area contributed by atoms with Gasteiger partial charge in [0.15, 0.2) is 0 Å². The van der Waals surface area contributed by atoms with E-state index in [1.165, 1.54) is 0 Å². The molecule has 24 heavy (non-hydrogen) atoms. The van der Waals surface area contributed by atoms with Gasteiger partial charge in [0.25, 0.3) is 0 Å². The highest BCUT2D eigenvalue weighted by Crippen LogP contribution is 2.35. The summed E-state index contributed by atoms with van der Waals surface area (Å²) in [7, 11) is 0. The van der Waals surface area contributed by atoms with Gasteiger partial charge in [-0.2, -0.15) is 5.26 Å². The minimum absolute atomic E-state index is 0.0336. The summed E-state index contributed by atoms with van der Waals surface area (Å²) in [6, 6.07) is 10.9. The summed E-state index contributed by atoms with van der Waals surface area (Å²) in [6.45, 7) is 2.49. The minimum Gasteiger partial charge on any atom is -0.310 e. The zero-order valence-corrected chi connectivity index (χ0v) is 14.2. The van der Waals surface area contributed by atoms with Crippen LogP contribution in [-0.4, -0.2) is 17.4 Å². The van der Waals surface area contributed by atoms with E-state index in [-0.39, 0.29) is 11.8 Å². The number of amides is 1. The second-order valence-corrected chi connectivity index (χ2v) is 6.61. The van der Waals surface area contributed by atoms with Gasteiger partial charge in [0.05, 0.1) is 17.2 Å². The molecule has 1 saturated carbocycles. The van der Waals surface area contributed by atoms with Gasteiger partial charge in [-0.15, -0.1) is 0 Å². The van der Waals surface area contributed by atoms with Crippen molar-refractivity contribution in [2.75, 3.05) is 11.4 Å². The van der Waals surface area contributed by atoms with Gasteiger partial charge in [0, 0.05) is 24.0 Å². The summed E-state index contributed by atoms with van der Waals surface area (Å²) < 4.78 is 0. The van der Waals surface area contributed by atoms with Crippen molar-refractivity contribution < 1.29 is 4.79 Å². The molecule has 0 bridgehead atoms. The summed E-state index contributed by atoms with van der Waals surface area (Å²) in [5, 5.41) is 9.92. The quantitative estimate of drug-likeness (QED) is 0.822. The molecule has 1 aromatic heterocycles. The highest BCUT2D eigenvalue weighted by Gasteiger charge is 2.31. The number of rotatable bonds is 5. The van der Waals surface area contributed by atoms with Gasteiger partial charge in [0.1, 0.15) is 6.07 Å². The van der Waals surface area contributed by atoms with E-state index < -0.39 is 0 Å². The van der Waals surface area contributed by atoms with Crippen molar-refractivity contribution in [2.24, 2.45) is 5.92 Å². The minimum atomic E-state index is -0.331. The molecule has 1 heterocycles. The lowest BCUT2D eigenvalue weighted by Gasteiger charge is -2.27. The van der Waals surface area contributed by atoms with Gasteiger partial charge < -0.3 is 4.90 Å². The van der Waals surface area contributed by atoms with Gasteiger partial charge in [0.2, 0.25) is 5.91 Å². The fourth-order valence-electron chi connectivity index (χ4n) is 2.70. The van der Waals surface area contributed by atoms with E-state index in [2.05, 4.69) is 11.1 Å². The summed E-state index contributed by atoms with van der Waals surface area (Å²) >= 11 is 6.11. The second-order valence-electron chi connectivity index (χ2n) is 6.17. The molecule has 0 radical (unpaired) electrons. The molecular weight excluding hydrogens is 322 g/mol. The third-order valence-electron chi connectivity index (χ3n) is 4.33. The molecule has 1 aromatic carbocycles. The number of aromatic nitrogens is 1. The van der Waals surface area contributed by atoms with Crippen LogP contribution in [0.5, 0.6) is 0 Å². The number of hydrogen-bond donors (Lipinski definition) is 0. The first-order valence-electron chi connectivity index (χ1n) is 8.01. The number of nitrogens with zero attached hydrogens (tertiary/aromatic N) is 3. The highest BCUT2D eigenvalue weighted by atomic mass is 35.5. The fourth-order valence-corrected chi connectivity index (χ4v) is 2.86. The Morgan fingerprint density at radius 2 is 2.25 bits per heavy atom. The summed E-state index contributed by atoms with van der Waals surface area (Å²) in [6.07, 6.45) is 5.63. The largest absolute Gasteiger partial charge is 0.310 e. The Bertz CT molecular complexity index is 781. The van der Waals surface area contributed by atoms with E-state index in [1.54, 1.807) is 35.5 Å². The van der Waals surface area contributed by atoms with Crippen LogP contribution in [0.15, 0.2) is 42.7 Å². The van der Waals surface area contributed by atoms with Crippen molar-refractivity contribution in [3.05, 3.63) is 58.9 Å². The van der Waals surface area contributed by atoms with Crippen LogP contribution in [0, 0.1) is 17.2 Å². The first-order chi connectivity index (χ1) is 11.6. The van der Waals surface area contributed by atoms with Crippen LogP contribution in [0.2, 0.25) is 5.02 Å². The van der Waals surface area contributed by atoms with Crippen LogP contribution < -0.4 is 4.90 Å². The molecule has 0 saturated heterocycles. The van der Waals surface area contributed by atoms with Crippen LogP contribution >= 0.6 is 11.6 Å². The van der Waals surface area contributed by atoms with Crippen molar-refractivity contribution in [3.63, 3.8) is 0 Å². The maximum absolute atomic E-state index is 13.1. The van der Waals surface area contributed by atoms with E-state index in [1.807, 2.05) is 19.1 Å². The Balaban J connectivity index is 1.96. The van der Waals surface area contributed by atoms with Crippen LogP contribution in [0.25, 0.3) is 0 Å². The average molecular weight is 340 g/mol. The lowest BCUT2D eigenvalue weighted by Crippen LogP contribution is -2.36. The Morgan fingerprint density at radius 1 is 1.46 bits per heavy atom. The van der Waals surface area contributed by atoms with E-state index in [4.69, 9.17) is 11.6 Å². The third kappa shape index (κ3) is 3.58. The lowest BCUT2D eigenvalue weighted by molar-refractivity contribution is -0.119. The molecule has 2 aromatic rings. The van der Waals surface area contributed by atoms with Gasteiger partial charge in [-0.3, -0.25) is 9.78 Å². The molecule has 122 valence electrons. The van der Waals surface area contributed by atoms with Crippen molar-refractivity contribution in [2.45, 2.75) is 25.7 Å². The number of carbonyl (C=O) groups excluding carboxylic acids is 1. The summed E-state index contributed by atoms with van der Waals surface area (Å²) in [5.41, 5.74) is 1.92. The number of halogens is 1. The Kier molecular flexibility index (Phi) is 4.82. The first-order valence-corrected chi connectivity index (χ1v) is 8.39. The molecule has 1 aliphatic rings. The maximum atomic E-state index is 13.1. The standard InChI is InChI=1S/C19H18ClN3O/c1-13(16-3-2-8-22-11-16)19(24)23(12-14-4-5-14)18-9-17(20)7-6-15(18)10-21/h2-3,6-9,11,13-14H,4-5,12H2,1H3. The molecular formula is C19H18ClN3O. The molecule has 4 nitrogen and oxygen atoms in total. The van der Waals surface area contributed by atoms with Crippen molar-refractivity contribution >= 4 is 23.2 Å². The summed E-state index contributed by atoms with van der Waals surface area (Å²) in [4.78, 5) is 19.0. The third-order valence-corrected chi connectivity index (χ3v) is 4.56. The van der Waals surface area contributed by atoms with Gasteiger partial charge in [-0.05, 0) is 55.5 Å². The molecule has 1 fully saturated rings. The van der Waals surface area contributed by atoms with Crippen LogP contribution in [0.1, 0.15) is 36.8 Å². The summed E-state index contributed by atoms with van der Waals surface area (Å²) in [5.74, 6) is 0.136. The highest BCUT2D eigenvalue weighted by molar-refractivity contribution is 6.31. The molecule has 1 unspecified atom stereocenters. The number of anilines is 1. The molecule has 3 rings (SSSR count). The Hall–Kier alpha value is -2.38. The normalized spacial score (nSPS) is 14.7. The molecule has 0 spiro atoms. The van der Waals surface area contributed by atoms with Crippen LogP contribution in [-0.2, 0) is 4.79 Å². The molecule has 0 aliphatic heterocycles. The lowest BCUT2D eigenvalue weighted by atomic mass is 10.0. The Labute approximate surface area is 146 Å². The molecule has 1 aliphatic carbocycles. The molecule has 0 N–H and O–H groups in total. The number of pyridine rings is 1. The topological polar surface area (TPSA) is 57.0 Å². The number of carbonyl (C=O) groups is 1. The van der Waals surface area contributed by atoms with Crippen molar-refractivity contribution in [1.82, 2.24) is 4.98 Å². The molecule has 5 heteroatoms. The number of hydrogen-bond acceptors (Lipinski definition) is 3. The van der Waals surface area contributed by atoms with E-state index >= 15 is 0 Å². The van der Waals surface area contributed by atoms with Gasteiger partial charge >= 0.3 is 0 Å². The average Bonchev–Trinajstić information content (AvgIpc) is 3.43. The predicted molar refractivity (Wildman–Crippen MR) is 93.9 cm³/mol. The Morgan fingerprint density at radius 3 is 2.88 bits per heavy atom. The fraction of sp³-hybridized carbons (Fsp3) is 0.316. The zero-order valence-electron chi connectivity index (χ0n) is 13.4. The first kappa shape index (κ1) is 16.5. The van der Waals surface area contributed by atoms with E-state index in [0.717, 1.165) is 18.4 Å². The molecule has 1 amide bonds. The smallest absolute Gasteiger partial charge is 0.234 e. The van der Waals surface area contributed by atoms with Crippen LogP contribution in [0.3, 0.4) is 0 Å². The van der Waals surface area contributed by atoms with E-state index in [0.29, 0.717) is 28.7 Å². The predicted octanol–water partition coefficient (Wildman–Crippen LogP) is 4.15. The van der Waals surface area contributed by atoms with Gasteiger partial charge in [-0.1, -0.05) is 17.7 Å². The second kappa shape index (κ2) is 7.02. The monoisotopic (exact) mass is 339 g/mol. The van der Waals surface area contributed by atoms with Crippen LogP contribution in [0.4, 0.5) is 5.69 Å². The zero-order chi connectivity index (χ0) is 17.1. The van der Waals surface area contributed by atoms with E-state index in [9.17, 15) is 10.1 Å². The maximum Gasteiger partial charge on any atom is 0.234 e. The van der Waals surface area contributed by atoms with Crippen molar-refractivity contribution in [3.8, 4) is 6.07 Å². The molecule has 1 atom stereocenters. The van der Waals surface area contributed by atoms with Crippen molar-refractivity contribution in [1.29, 1.82) is 5.26 Å². The number of nitriles is 1.